The largest absolute Gasteiger partial charge is 0.460 e. The number of fused-ring (bicyclic) bond motifs is 1. The molecule has 0 radical (unpaired) electrons. The first-order valence-electron chi connectivity index (χ1n) is 10.6. The van der Waals surface area contributed by atoms with Crippen LogP contribution in [0.1, 0.15) is 40.2 Å². The monoisotopic (exact) mass is 418 g/mol. The zero-order chi connectivity index (χ0) is 21.9. The van der Waals surface area contributed by atoms with Gasteiger partial charge in [-0.1, -0.05) is 30.3 Å². The summed E-state index contributed by atoms with van der Waals surface area (Å²) in [6, 6.07) is 9.59. The van der Waals surface area contributed by atoms with E-state index in [1.807, 2.05) is 65.0 Å². The summed E-state index contributed by atoms with van der Waals surface area (Å²) in [5.74, 6) is -0.218. The van der Waals surface area contributed by atoms with Crippen LogP contribution in [-0.2, 0) is 25.6 Å². The highest BCUT2D eigenvalue weighted by Crippen LogP contribution is 2.29. The van der Waals surface area contributed by atoms with E-state index < -0.39 is 11.0 Å². The van der Waals surface area contributed by atoms with Crippen LogP contribution in [0.25, 0.3) is 0 Å². The van der Waals surface area contributed by atoms with Crippen molar-refractivity contribution in [3.63, 3.8) is 0 Å². The molecule has 2 saturated heterocycles. The van der Waals surface area contributed by atoms with E-state index in [1.54, 1.807) is 4.90 Å². The van der Waals surface area contributed by atoms with E-state index in [2.05, 4.69) is 4.90 Å². The number of nitrogens with zero attached hydrogens (tertiary/aromatic N) is 2. The number of esters is 1. The Hall–Kier alpha value is -2.12. The maximum Gasteiger partial charge on any atom is 0.410 e. The summed E-state index contributed by atoms with van der Waals surface area (Å²) in [5, 5.41) is 0. The number of amides is 1. The fourth-order valence-corrected chi connectivity index (χ4v) is 3.96. The number of hydrogen-bond acceptors (Lipinski definition) is 6. The molecule has 2 heterocycles. The lowest BCUT2D eigenvalue weighted by molar-refractivity contribution is -0.166. The van der Waals surface area contributed by atoms with Crippen molar-refractivity contribution >= 4 is 12.1 Å². The lowest BCUT2D eigenvalue weighted by atomic mass is 9.92. The van der Waals surface area contributed by atoms with Gasteiger partial charge in [-0.25, -0.2) is 4.79 Å². The first kappa shape index (κ1) is 22.6. The number of benzene rings is 1. The number of likely N-dealkylation sites (tertiary alicyclic amines) is 1. The normalized spacial score (nSPS) is 22.5. The molecule has 0 saturated carbocycles. The van der Waals surface area contributed by atoms with Gasteiger partial charge in [-0.15, -0.1) is 0 Å². The topological polar surface area (TPSA) is 68.3 Å². The highest BCUT2D eigenvalue weighted by atomic mass is 16.6. The highest BCUT2D eigenvalue weighted by molar-refractivity contribution is 5.76. The number of carbonyl (C=O) groups is 2. The maximum atomic E-state index is 12.7. The van der Waals surface area contributed by atoms with Gasteiger partial charge in [-0.3, -0.25) is 14.6 Å². The SMILES string of the molecule is CC(C)(C)OC(=O)C(C)(C)CN1C[C@@H]2OCCN(C(=O)OCc3ccccc3)[C@@H]2C1. The maximum absolute atomic E-state index is 12.7. The van der Waals surface area contributed by atoms with Crippen molar-refractivity contribution in [3.05, 3.63) is 35.9 Å². The number of ether oxygens (including phenoxy) is 3. The molecule has 0 spiro atoms. The molecular weight excluding hydrogens is 384 g/mol. The molecule has 0 unspecified atom stereocenters. The standard InChI is InChI=1S/C23H34N2O5/c1-22(2,3)30-20(26)23(4,5)16-24-13-18-19(14-24)28-12-11-25(18)21(27)29-15-17-9-7-6-8-10-17/h6-10,18-19H,11-16H2,1-5H3/t18-,19+/m1/s1. The average molecular weight is 419 g/mol. The molecule has 0 aliphatic carbocycles. The number of rotatable bonds is 5. The quantitative estimate of drug-likeness (QED) is 0.685. The molecule has 0 aromatic heterocycles. The van der Waals surface area contributed by atoms with Gasteiger partial charge in [0.05, 0.1) is 24.2 Å². The molecule has 7 heteroatoms. The molecule has 30 heavy (non-hydrogen) atoms. The number of morpholine rings is 1. The lowest BCUT2D eigenvalue weighted by Gasteiger charge is -2.36. The number of carbonyl (C=O) groups excluding carboxylic acids is 2. The van der Waals surface area contributed by atoms with Crippen molar-refractivity contribution < 1.29 is 23.8 Å². The first-order valence-corrected chi connectivity index (χ1v) is 10.6. The van der Waals surface area contributed by atoms with Crippen molar-refractivity contribution in [1.82, 2.24) is 9.80 Å². The second kappa shape index (κ2) is 8.94. The van der Waals surface area contributed by atoms with Gasteiger partial charge in [-0.2, -0.15) is 0 Å². The van der Waals surface area contributed by atoms with E-state index in [0.29, 0.717) is 32.8 Å². The smallest absolute Gasteiger partial charge is 0.410 e. The van der Waals surface area contributed by atoms with Crippen LogP contribution in [-0.4, -0.2) is 72.4 Å². The fourth-order valence-electron chi connectivity index (χ4n) is 3.96. The summed E-state index contributed by atoms with van der Waals surface area (Å²) in [6.45, 7) is 12.6. The van der Waals surface area contributed by atoms with Crippen LogP contribution in [0.2, 0.25) is 0 Å². The van der Waals surface area contributed by atoms with Gasteiger partial charge >= 0.3 is 12.1 Å². The van der Waals surface area contributed by atoms with Crippen molar-refractivity contribution in [2.24, 2.45) is 5.41 Å². The van der Waals surface area contributed by atoms with E-state index in [1.165, 1.54) is 0 Å². The van der Waals surface area contributed by atoms with Crippen LogP contribution in [0.15, 0.2) is 30.3 Å². The predicted octanol–water partition coefficient (Wildman–Crippen LogP) is 3.08. The Balaban J connectivity index is 1.58. The Morgan fingerprint density at radius 1 is 1.10 bits per heavy atom. The van der Waals surface area contributed by atoms with Gasteiger partial charge < -0.3 is 14.2 Å². The van der Waals surface area contributed by atoms with Gasteiger partial charge in [0.15, 0.2) is 0 Å². The van der Waals surface area contributed by atoms with Crippen molar-refractivity contribution in [2.45, 2.75) is 59.0 Å². The zero-order valence-corrected chi connectivity index (χ0v) is 18.7. The summed E-state index contributed by atoms with van der Waals surface area (Å²) in [7, 11) is 0. The molecule has 1 aromatic rings. The van der Waals surface area contributed by atoms with E-state index >= 15 is 0 Å². The van der Waals surface area contributed by atoms with Gasteiger partial charge in [0, 0.05) is 26.2 Å². The second-order valence-electron chi connectivity index (χ2n) is 9.79. The third-order valence-corrected chi connectivity index (χ3v) is 5.39. The average Bonchev–Trinajstić information content (AvgIpc) is 3.07. The third kappa shape index (κ3) is 5.73. The highest BCUT2D eigenvalue weighted by Gasteiger charge is 2.45. The van der Waals surface area contributed by atoms with Crippen LogP contribution in [0, 0.1) is 5.41 Å². The molecule has 3 rings (SSSR count). The third-order valence-electron chi connectivity index (χ3n) is 5.39. The molecule has 2 aliphatic rings. The molecule has 0 N–H and O–H groups in total. The molecule has 1 amide bonds. The summed E-state index contributed by atoms with van der Waals surface area (Å²) in [4.78, 5) is 29.3. The molecule has 2 fully saturated rings. The molecule has 1 aromatic carbocycles. The van der Waals surface area contributed by atoms with Gasteiger partial charge in [0.1, 0.15) is 12.2 Å². The van der Waals surface area contributed by atoms with Crippen LogP contribution in [0.5, 0.6) is 0 Å². The molecular formula is C23H34N2O5. The second-order valence-corrected chi connectivity index (χ2v) is 9.79. The molecule has 7 nitrogen and oxygen atoms in total. The Kier molecular flexibility index (Phi) is 6.72. The van der Waals surface area contributed by atoms with E-state index in [-0.39, 0.29) is 30.8 Å². The van der Waals surface area contributed by atoms with E-state index in [4.69, 9.17) is 14.2 Å². The zero-order valence-electron chi connectivity index (χ0n) is 18.7. The van der Waals surface area contributed by atoms with E-state index in [9.17, 15) is 9.59 Å². The van der Waals surface area contributed by atoms with Gasteiger partial charge in [0.25, 0.3) is 0 Å². The van der Waals surface area contributed by atoms with E-state index in [0.717, 1.165) is 5.56 Å². The van der Waals surface area contributed by atoms with Crippen LogP contribution >= 0.6 is 0 Å². The predicted molar refractivity (Wildman–Crippen MR) is 113 cm³/mol. The van der Waals surface area contributed by atoms with Crippen molar-refractivity contribution in [2.75, 3.05) is 32.8 Å². The van der Waals surface area contributed by atoms with Crippen LogP contribution in [0.4, 0.5) is 4.79 Å². The minimum absolute atomic E-state index is 0.0718. The van der Waals surface area contributed by atoms with Crippen LogP contribution < -0.4 is 0 Å². The Labute approximate surface area is 179 Å². The Morgan fingerprint density at radius 2 is 1.80 bits per heavy atom. The molecule has 2 atom stereocenters. The minimum Gasteiger partial charge on any atom is -0.460 e. The summed E-state index contributed by atoms with van der Waals surface area (Å²) >= 11 is 0. The Bertz CT molecular complexity index is 744. The lowest BCUT2D eigenvalue weighted by Crippen LogP contribution is -2.53. The fraction of sp³-hybridized carbons (Fsp3) is 0.652. The summed E-state index contributed by atoms with van der Waals surface area (Å²) < 4.78 is 17.1. The van der Waals surface area contributed by atoms with Crippen molar-refractivity contribution in [1.29, 1.82) is 0 Å². The minimum atomic E-state index is -0.653. The number of hydrogen-bond donors (Lipinski definition) is 0. The Morgan fingerprint density at radius 3 is 2.47 bits per heavy atom. The summed E-state index contributed by atoms with van der Waals surface area (Å²) in [6.07, 6.45) is -0.386. The first-order chi connectivity index (χ1) is 14.0. The summed E-state index contributed by atoms with van der Waals surface area (Å²) in [5.41, 5.74) is -0.210. The van der Waals surface area contributed by atoms with Gasteiger partial charge in [-0.05, 0) is 40.2 Å². The molecule has 166 valence electrons. The van der Waals surface area contributed by atoms with Gasteiger partial charge in [0.2, 0.25) is 0 Å². The molecule has 0 bridgehead atoms. The van der Waals surface area contributed by atoms with Crippen molar-refractivity contribution in [3.8, 4) is 0 Å². The van der Waals surface area contributed by atoms with Crippen LogP contribution in [0.3, 0.4) is 0 Å². The molecule has 2 aliphatic heterocycles.